The lowest BCUT2D eigenvalue weighted by Gasteiger charge is -2.35. The van der Waals surface area contributed by atoms with Crippen molar-refractivity contribution in [3.05, 3.63) is 35.4 Å². The van der Waals surface area contributed by atoms with Crippen molar-refractivity contribution < 1.29 is 9.53 Å². The number of hydrogen-bond donors (Lipinski definition) is 1. The number of rotatable bonds is 5. The molecule has 5 heteroatoms. The third-order valence-electron chi connectivity index (χ3n) is 6.14. The number of urea groups is 1. The predicted molar refractivity (Wildman–Crippen MR) is 113 cm³/mol. The Morgan fingerprint density at radius 1 is 1.11 bits per heavy atom. The number of nitrogens with zero attached hydrogens (tertiary/aromatic N) is 2. The van der Waals surface area contributed by atoms with Gasteiger partial charge in [0.15, 0.2) is 0 Å². The molecule has 0 radical (unpaired) electrons. The minimum atomic E-state index is 0.0412. The van der Waals surface area contributed by atoms with Crippen LogP contribution in [0.2, 0.25) is 0 Å². The van der Waals surface area contributed by atoms with Crippen LogP contribution in [0.1, 0.15) is 57.6 Å². The number of hydrogen-bond acceptors (Lipinski definition) is 3. The van der Waals surface area contributed by atoms with Crippen LogP contribution in [0.15, 0.2) is 24.3 Å². The van der Waals surface area contributed by atoms with Crippen molar-refractivity contribution in [3.8, 4) is 0 Å². The Morgan fingerprint density at radius 3 is 2.39 bits per heavy atom. The number of carbonyl (C=O) groups is 1. The summed E-state index contributed by atoms with van der Waals surface area (Å²) in [5.74, 6) is 0.721. The Hall–Kier alpha value is -1.59. The highest BCUT2D eigenvalue weighted by atomic mass is 16.5. The van der Waals surface area contributed by atoms with E-state index in [1.54, 1.807) is 0 Å². The van der Waals surface area contributed by atoms with Gasteiger partial charge in [-0.2, -0.15) is 0 Å². The Balaban J connectivity index is 1.45. The maximum Gasteiger partial charge on any atom is 0.317 e. The molecule has 1 heterocycles. The molecule has 4 unspecified atom stereocenters. The summed E-state index contributed by atoms with van der Waals surface area (Å²) in [4.78, 5) is 16.9. The summed E-state index contributed by atoms with van der Waals surface area (Å²) >= 11 is 0. The van der Waals surface area contributed by atoms with Crippen LogP contribution in [0.3, 0.4) is 0 Å². The minimum absolute atomic E-state index is 0.0412. The molecule has 0 bridgehead atoms. The first-order valence-electron chi connectivity index (χ1n) is 10.9. The molecule has 4 atom stereocenters. The summed E-state index contributed by atoms with van der Waals surface area (Å²) in [6.07, 6.45) is 5.36. The summed E-state index contributed by atoms with van der Waals surface area (Å²) in [5.41, 5.74) is 2.45. The van der Waals surface area contributed by atoms with Gasteiger partial charge in [-0.15, -0.1) is 0 Å². The zero-order valence-electron chi connectivity index (χ0n) is 18.0. The van der Waals surface area contributed by atoms with E-state index in [1.807, 2.05) is 11.9 Å². The number of nitrogens with one attached hydrogen (secondary N) is 1. The van der Waals surface area contributed by atoms with Crippen LogP contribution >= 0.6 is 0 Å². The minimum Gasteiger partial charge on any atom is -0.373 e. The zero-order chi connectivity index (χ0) is 20.1. The molecule has 1 aromatic rings. The van der Waals surface area contributed by atoms with Crippen LogP contribution in [0.5, 0.6) is 0 Å². The van der Waals surface area contributed by atoms with E-state index in [0.717, 1.165) is 44.0 Å². The summed E-state index contributed by atoms with van der Waals surface area (Å²) in [7, 11) is 1.94. The number of carbonyl (C=O) groups excluding carboxylic acids is 1. The van der Waals surface area contributed by atoms with Gasteiger partial charge in [0, 0.05) is 39.3 Å². The standard InChI is InChI=1S/C23H37N3O2/c1-17-6-5-7-22(12-17)25(4)23(27)24-13-20-8-10-21(11-9-20)16-26-14-18(2)28-19(3)15-26/h8-11,17-19,22H,5-7,12-16H2,1-4H3,(H,24,27). The summed E-state index contributed by atoms with van der Waals surface area (Å²) < 4.78 is 5.81. The molecule has 1 saturated carbocycles. The summed E-state index contributed by atoms with van der Waals surface area (Å²) in [6, 6.07) is 9.04. The molecule has 1 aromatic carbocycles. The third kappa shape index (κ3) is 5.95. The number of amides is 2. The fourth-order valence-electron chi connectivity index (χ4n) is 4.66. The maximum absolute atomic E-state index is 12.5. The second-order valence-electron chi connectivity index (χ2n) is 8.96. The molecular weight excluding hydrogens is 350 g/mol. The Labute approximate surface area is 170 Å². The van der Waals surface area contributed by atoms with Gasteiger partial charge in [0.2, 0.25) is 0 Å². The van der Waals surface area contributed by atoms with E-state index in [0.29, 0.717) is 24.8 Å². The van der Waals surface area contributed by atoms with Crippen molar-refractivity contribution in [1.82, 2.24) is 15.1 Å². The van der Waals surface area contributed by atoms with Crippen molar-refractivity contribution >= 4 is 6.03 Å². The molecular formula is C23H37N3O2. The van der Waals surface area contributed by atoms with E-state index in [2.05, 4.69) is 55.3 Å². The second-order valence-corrected chi connectivity index (χ2v) is 8.96. The van der Waals surface area contributed by atoms with Crippen LogP contribution in [0, 0.1) is 5.92 Å². The van der Waals surface area contributed by atoms with Gasteiger partial charge >= 0.3 is 6.03 Å². The second kappa shape index (κ2) is 9.75. The lowest BCUT2D eigenvalue weighted by Crippen LogP contribution is -2.45. The highest BCUT2D eigenvalue weighted by Gasteiger charge is 2.25. The van der Waals surface area contributed by atoms with E-state index < -0.39 is 0 Å². The normalized spacial score (nSPS) is 28.7. The molecule has 1 aliphatic carbocycles. The summed E-state index contributed by atoms with van der Waals surface area (Å²) in [5, 5.41) is 3.08. The monoisotopic (exact) mass is 387 g/mol. The summed E-state index contributed by atoms with van der Waals surface area (Å²) in [6.45, 7) is 10.1. The number of benzene rings is 1. The SMILES string of the molecule is CC1CCCC(N(C)C(=O)NCc2ccc(CN3CC(C)OC(C)C3)cc2)C1. The quantitative estimate of drug-likeness (QED) is 0.830. The van der Waals surface area contributed by atoms with Crippen molar-refractivity contribution in [3.63, 3.8) is 0 Å². The lowest BCUT2D eigenvalue weighted by atomic mass is 9.86. The Morgan fingerprint density at radius 2 is 1.75 bits per heavy atom. The highest BCUT2D eigenvalue weighted by Crippen LogP contribution is 2.26. The number of morpholine rings is 1. The molecule has 2 aliphatic rings. The largest absolute Gasteiger partial charge is 0.373 e. The van der Waals surface area contributed by atoms with Gasteiger partial charge in [0.25, 0.3) is 0 Å². The van der Waals surface area contributed by atoms with E-state index in [4.69, 9.17) is 4.74 Å². The van der Waals surface area contributed by atoms with Gasteiger partial charge in [-0.25, -0.2) is 4.79 Å². The first-order valence-corrected chi connectivity index (χ1v) is 10.9. The lowest BCUT2D eigenvalue weighted by molar-refractivity contribution is -0.0704. The van der Waals surface area contributed by atoms with Crippen LogP contribution in [0.4, 0.5) is 4.79 Å². The van der Waals surface area contributed by atoms with E-state index in [1.165, 1.54) is 18.4 Å². The fourth-order valence-corrected chi connectivity index (χ4v) is 4.66. The first kappa shape index (κ1) is 21.1. The average Bonchev–Trinajstić information content (AvgIpc) is 2.66. The van der Waals surface area contributed by atoms with Crippen molar-refractivity contribution in [2.45, 2.75) is 77.8 Å². The fraction of sp³-hybridized carbons (Fsp3) is 0.696. The van der Waals surface area contributed by atoms with Gasteiger partial charge < -0.3 is 15.0 Å². The molecule has 0 aromatic heterocycles. The predicted octanol–water partition coefficient (Wildman–Crippen LogP) is 4.02. The molecule has 3 rings (SSSR count). The van der Waals surface area contributed by atoms with E-state index in [-0.39, 0.29) is 6.03 Å². The molecule has 1 saturated heterocycles. The molecule has 28 heavy (non-hydrogen) atoms. The van der Waals surface area contributed by atoms with E-state index in [9.17, 15) is 4.79 Å². The first-order chi connectivity index (χ1) is 13.4. The number of ether oxygens (including phenoxy) is 1. The van der Waals surface area contributed by atoms with Crippen molar-refractivity contribution in [2.75, 3.05) is 20.1 Å². The van der Waals surface area contributed by atoms with Gasteiger partial charge in [0.05, 0.1) is 12.2 Å². The smallest absolute Gasteiger partial charge is 0.317 e. The van der Waals surface area contributed by atoms with Crippen molar-refractivity contribution in [1.29, 1.82) is 0 Å². The van der Waals surface area contributed by atoms with Gasteiger partial charge in [-0.3, -0.25) is 4.90 Å². The van der Waals surface area contributed by atoms with Gasteiger partial charge in [-0.05, 0) is 43.7 Å². The van der Waals surface area contributed by atoms with Crippen LogP contribution in [-0.4, -0.2) is 54.2 Å². The molecule has 156 valence electrons. The maximum atomic E-state index is 12.5. The average molecular weight is 388 g/mol. The molecule has 2 fully saturated rings. The third-order valence-corrected chi connectivity index (χ3v) is 6.14. The van der Waals surface area contributed by atoms with Crippen LogP contribution in [-0.2, 0) is 17.8 Å². The van der Waals surface area contributed by atoms with Gasteiger partial charge in [0.1, 0.15) is 0 Å². The molecule has 1 N–H and O–H groups in total. The van der Waals surface area contributed by atoms with Crippen LogP contribution < -0.4 is 5.32 Å². The molecule has 2 amide bonds. The Bertz CT molecular complexity index is 623. The van der Waals surface area contributed by atoms with Gasteiger partial charge in [-0.1, -0.05) is 44.0 Å². The molecule has 5 nitrogen and oxygen atoms in total. The van der Waals surface area contributed by atoms with E-state index >= 15 is 0 Å². The highest BCUT2D eigenvalue weighted by molar-refractivity contribution is 5.74. The molecule has 1 aliphatic heterocycles. The topological polar surface area (TPSA) is 44.8 Å². The van der Waals surface area contributed by atoms with Crippen LogP contribution in [0.25, 0.3) is 0 Å². The molecule has 0 spiro atoms. The Kier molecular flexibility index (Phi) is 7.36. The van der Waals surface area contributed by atoms with Crippen molar-refractivity contribution in [2.24, 2.45) is 5.92 Å². The zero-order valence-corrected chi connectivity index (χ0v) is 18.0.